The number of fused-ring (bicyclic) bond motifs is 4. The van der Waals surface area contributed by atoms with Crippen molar-refractivity contribution in [2.24, 2.45) is 23.7 Å². The molecule has 4 unspecified atom stereocenters. The zero-order valence-electron chi connectivity index (χ0n) is 58.2. The molecule has 16 heteroatoms. The average molecular weight is 1330 g/mol. The number of imide groups is 4. The molecule has 0 saturated heterocycles. The van der Waals surface area contributed by atoms with E-state index in [2.05, 4.69) is 77.2 Å². The third kappa shape index (κ3) is 10.5. The lowest BCUT2D eigenvalue weighted by Gasteiger charge is -2.32. The molecule has 0 saturated carbocycles. The molecule has 14 rings (SSSR count). The van der Waals surface area contributed by atoms with Crippen molar-refractivity contribution in [1.82, 2.24) is 19.6 Å². The van der Waals surface area contributed by atoms with E-state index in [1.807, 2.05) is 12.1 Å². The fourth-order valence-corrected chi connectivity index (χ4v) is 16.8. The van der Waals surface area contributed by atoms with Crippen molar-refractivity contribution in [2.75, 3.05) is 26.2 Å². The van der Waals surface area contributed by atoms with Crippen molar-refractivity contribution >= 4 is 145 Å². The van der Waals surface area contributed by atoms with Gasteiger partial charge in [0, 0.05) is 97.4 Å². The largest absolute Gasteiger partial charge is 0.274 e. The summed E-state index contributed by atoms with van der Waals surface area (Å²) in [5.41, 5.74) is 3.75. The molecule has 100 heavy (non-hydrogen) atoms. The normalized spacial score (nSPS) is 15.5. The standard InChI is InChI=1S/2C42H40N4O4/c1-6-10-12-23(8-3)21-45-39(47)28-17-15-27-36-32(44-5)19-31-35-29(40(48)46(42(31)50)22-24(9-4)13-11-7-2)16-14-26(38(35)36)33-25(20-43)18-30(41(45)49)34(28)37(27)33;1-6-10-12-23(8-3)21-45-39(47)28-16-14-26-33-25(20-43)18-30-36-31(42(50)46(41(30)49)22-24(9-4)13-11-7-2)19-32(44-5)37(38(33)36)27-15-17-29(40(45)48)35(28)34(26)27/h2*14-19,23-24H,6-13,21-22H2,1-4H3. The predicted octanol–water partition coefficient (Wildman–Crippen LogP) is 19.6. The van der Waals surface area contributed by atoms with Crippen molar-refractivity contribution in [1.29, 1.82) is 10.5 Å². The van der Waals surface area contributed by atoms with Gasteiger partial charge >= 0.3 is 0 Å². The number of carbonyl (C=O) groups is 8. The van der Waals surface area contributed by atoms with E-state index in [4.69, 9.17) is 13.1 Å². The number of benzene rings is 10. The minimum Gasteiger partial charge on any atom is -0.274 e. The molecule has 4 aliphatic rings. The van der Waals surface area contributed by atoms with Crippen LogP contribution in [0.3, 0.4) is 0 Å². The third-order valence-corrected chi connectivity index (χ3v) is 22.4. The van der Waals surface area contributed by atoms with Crippen molar-refractivity contribution < 1.29 is 38.4 Å². The van der Waals surface area contributed by atoms with Gasteiger partial charge in [0.1, 0.15) is 0 Å². The zero-order valence-corrected chi connectivity index (χ0v) is 58.2. The number of amides is 8. The summed E-state index contributed by atoms with van der Waals surface area (Å²) >= 11 is 0. The molecule has 10 aromatic carbocycles. The van der Waals surface area contributed by atoms with Crippen LogP contribution in [0.4, 0.5) is 11.4 Å². The van der Waals surface area contributed by atoms with Gasteiger partial charge in [-0.05, 0) is 152 Å². The molecule has 4 aliphatic heterocycles. The van der Waals surface area contributed by atoms with Gasteiger partial charge in [-0.3, -0.25) is 58.0 Å². The highest BCUT2D eigenvalue weighted by Crippen LogP contribution is 2.53. The van der Waals surface area contributed by atoms with Gasteiger partial charge in [-0.25, -0.2) is 9.69 Å². The summed E-state index contributed by atoms with van der Waals surface area (Å²) in [6.45, 7) is 34.5. The Labute approximate surface area is 581 Å². The van der Waals surface area contributed by atoms with E-state index in [1.54, 1.807) is 60.7 Å². The minimum atomic E-state index is -0.432. The van der Waals surface area contributed by atoms with E-state index in [1.165, 1.54) is 19.6 Å². The van der Waals surface area contributed by atoms with E-state index in [9.17, 15) is 48.9 Å². The van der Waals surface area contributed by atoms with Gasteiger partial charge in [0.2, 0.25) is 0 Å². The van der Waals surface area contributed by atoms with Crippen LogP contribution in [0.25, 0.3) is 95.9 Å². The van der Waals surface area contributed by atoms with Crippen LogP contribution in [0, 0.1) is 59.5 Å². The molecule has 8 amide bonds. The van der Waals surface area contributed by atoms with Crippen LogP contribution in [0.2, 0.25) is 0 Å². The molecule has 0 spiro atoms. The Morgan fingerprint density at radius 1 is 0.320 bits per heavy atom. The van der Waals surface area contributed by atoms with Crippen LogP contribution in [0.15, 0.2) is 72.8 Å². The van der Waals surface area contributed by atoms with Crippen molar-refractivity contribution in [3.63, 3.8) is 0 Å². The molecule has 0 aromatic heterocycles. The summed E-state index contributed by atoms with van der Waals surface area (Å²) in [5.74, 6) is -2.41. The van der Waals surface area contributed by atoms with Crippen LogP contribution in [-0.2, 0) is 0 Å². The molecular formula is C84H80N8O8. The van der Waals surface area contributed by atoms with Gasteiger partial charge in [0.05, 0.1) is 42.0 Å². The molecule has 504 valence electrons. The molecule has 0 radical (unpaired) electrons. The van der Waals surface area contributed by atoms with E-state index >= 15 is 0 Å². The van der Waals surface area contributed by atoms with Crippen LogP contribution in [0.1, 0.15) is 252 Å². The fraction of sp³-hybridized carbons (Fsp3) is 0.381. The summed E-state index contributed by atoms with van der Waals surface area (Å²) in [7, 11) is 0. The molecule has 16 nitrogen and oxygen atoms in total. The summed E-state index contributed by atoms with van der Waals surface area (Å²) in [6.07, 6.45) is 15.2. The lowest BCUT2D eigenvalue weighted by Crippen LogP contribution is -2.43. The first-order chi connectivity index (χ1) is 48.5. The van der Waals surface area contributed by atoms with Gasteiger partial charge in [-0.15, -0.1) is 0 Å². The monoisotopic (exact) mass is 1330 g/mol. The molecule has 10 aromatic rings. The maximum atomic E-state index is 14.2. The second-order valence-corrected chi connectivity index (χ2v) is 28.0. The lowest BCUT2D eigenvalue weighted by molar-refractivity contribution is 0.0565. The Balaban J connectivity index is 0.000000179. The van der Waals surface area contributed by atoms with Gasteiger partial charge < -0.3 is 0 Å². The Morgan fingerprint density at radius 2 is 0.570 bits per heavy atom. The predicted molar refractivity (Wildman–Crippen MR) is 392 cm³/mol. The molecule has 4 heterocycles. The van der Waals surface area contributed by atoms with E-state index in [0.717, 1.165) is 103 Å². The quantitative estimate of drug-likeness (QED) is 0.0242. The van der Waals surface area contributed by atoms with Crippen LogP contribution in [0.5, 0.6) is 0 Å². The molecule has 0 N–H and O–H groups in total. The highest BCUT2D eigenvalue weighted by Gasteiger charge is 2.42. The minimum absolute atomic E-state index is 0.144. The number of unbranched alkanes of at least 4 members (excludes halogenated alkanes) is 4. The molecular weight excluding hydrogens is 1250 g/mol. The maximum absolute atomic E-state index is 14.2. The van der Waals surface area contributed by atoms with Crippen LogP contribution < -0.4 is 0 Å². The van der Waals surface area contributed by atoms with Gasteiger partial charge in [0.15, 0.2) is 11.4 Å². The summed E-state index contributed by atoms with van der Waals surface area (Å²) in [5, 5.41) is 30.0. The number of hydrogen-bond acceptors (Lipinski definition) is 10. The Hall–Kier alpha value is -10.7. The number of hydrogen-bond donors (Lipinski definition) is 0. The zero-order chi connectivity index (χ0) is 70.9. The highest BCUT2D eigenvalue weighted by atomic mass is 16.2. The maximum Gasteiger partial charge on any atom is 0.261 e. The topological polar surface area (TPSA) is 206 Å². The number of nitrogens with zero attached hydrogens (tertiary/aromatic N) is 8. The number of nitriles is 2. The highest BCUT2D eigenvalue weighted by molar-refractivity contribution is 6.46. The fourth-order valence-electron chi connectivity index (χ4n) is 16.8. The first kappa shape index (κ1) is 67.9. The van der Waals surface area contributed by atoms with Gasteiger partial charge in [-0.2, -0.15) is 10.5 Å². The summed E-state index contributed by atoms with van der Waals surface area (Å²) < 4.78 is 0. The van der Waals surface area contributed by atoms with Gasteiger partial charge in [0.25, 0.3) is 47.3 Å². The van der Waals surface area contributed by atoms with Crippen LogP contribution >= 0.6 is 0 Å². The van der Waals surface area contributed by atoms with Crippen molar-refractivity contribution in [3.05, 3.63) is 151 Å². The van der Waals surface area contributed by atoms with E-state index in [0.29, 0.717) is 139 Å². The molecule has 4 atom stereocenters. The molecule has 0 bridgehead atoms. The second kappa shape index (κ2) is 27.2. The van der Waals surface area contributed by atoms with Crippen molar-refractivity contribution in [3.8, 4) is 12.1 Å². The number of carbonyl (C=O) groups excluding carboxylic acids is 8. The third-order valence-electron chi connectivity index (χ3n) is 22.4. The molecule has 0 fully saturated rings. The van der Waals surface area contributed by atoms with E-state index < -0.39 is 23.6 Å². The lowest BCUT2D eigenvalue weighted by atomic mass is 9.80. The number of rotatable bonds is 24. The van der Waals surface area contributed by atoms with Crippen LogP contribution in [-0.4, -0.2) is 93.0 Å². The summed E-state index contributed by atoms with van der Waals surface area (Å²) in [6, 6.07) is 25.1. The Bertz CT molecular complexity index is 5080. The smallest absolute Gasteiger partial charge is 0.261 e. The van der Waals surface area contributed by atoms with Crippen molar-refractivity contribution in [2.45, 2.75) is 158 Å². The Kier molecular flexibility index (Phi) is 18.5. The first-order valence-electron chi connectivity index (χ1n) is 36.0. The average Bonchev–Trinajstić information content (AvgIpc) is 0.688. The summed E-state index contributed by atoms with van der Waals surface area (Å²) in [4.78, 5) is 126. The first-order valence-corrected chi connectivity index (χ1v) is 36.0. The SMILES string of the molecule is [C-]#[N+]c1cc2c3c(cc(C#N)c4c5ccc6c7c(ccc(c1c34)c75)C(=O)N(CC(CC)CCCC)C6=O)C(=O)N(CC(CC)CCCC)C2=O.[C-]#[N+]c1cc2c3c(ccc4c5c(C#N)cc6c7c(ccc(c1c34)c75)C(=O)N(CC(CC)CCCC)C6=O)C(=O)N(CC(CC)CCCC)C2=O. The van der Waals surface area contributed by atoms with Gasteiger partial charge in [-0.1, -0.05) is 157 Å². The van der Waals surface area contributed by atoms with E-state index in [-0.39, 0.29) is 87.5 Å². The second-order valence-electron chi connectivity index (χ2n) is 28.0. The molecule has 0 aliphatic carbocycles. The Morgan fingerprint density at radius 3 is 0.880 bits per heavy atom.